The maximum absolute atomic E-state index is 14.6. The average molecular weight is 430 g/mol. The zero-order chi connectivity index (χ0) is 21.3. The molecule has 1 aromatic heterocycles. The fraction of sp³-hybridized carbons (Fsp3) is 0.733. The van der Waals surface area contributed by atoms with E-state index >= 15 is 0 Å². The minimum Gasteiger partial charge on any atom is -0.387 e. The van der Waals surface area contributed by atoms with Gasteiger partial charge in [0.25, 0.3) is 5.56 Å². The van der Waals surface area contributed by atoms with Gasteiger partial charge in [0.1, 0.15) is 6.10 Å². The molecule has 28 heavy (non-hydrogen) atoms. The molecule has 1 saturated heterocycles. The summed E-state index contributed by atoms with van der Waals surface area (Å²) in [6, 6.07) is 0. The highest BCUT2D eigenvalue weighted by Crippen LogP contribution is 2.64. The van der Waals surface area contributed by atoms with Gasteiger partial charge in [0.2, 0.25) is 0 Å². The molecule has 0 aliphatic carbocycles. The van der Waals surface area contributed by atoms with E-state index in [-0.39, 0.29) is 18.8 Å². The Kier molecular flexibility index (Phi) is 6.93. The van der Waals surface area contributed by atoms with Crippen LogP contribution in [0.15, 0.2) is 15.8 Å². The molecule has 2 N–H and O–H groups in total. The minimum absolute atomic E-state index is 0.0517. The Morgan fingerprint density at radius 3 is 2.43 bits per heavy atom. The second kappa shape index (κ2) is 8.50. The molecule has 13 heteroatoms. The van der Waals surface area contributed by atoms with Crippen molar-refractivity contribution in [2.24, 2.45) is 0 Å². The Hall–Kier alpha value is -1.46. The van der Waals surface area contributed by atoms with Crippen molar-refractivity contribution in [2.75, 3.05) is 13.2 Å². The molecule has 1 fully saturated rings. The number of alkyl halides is 3. The molecule has 0 aromatic carbocycles. The Morgan fingerprint density at radius 2 is 1.89 bits per heavy atom. The molecule has 0 saturated carbocycles. The van der Waals surface area contributed by atoms with Crippen LogP contribution in [0.1, 0.15) is 32.1 Å². The number of ether oxygens (including phenoxy) is 1. The maximum atomic E-state index is 14.6. The van der Waals surface area contributed by atoms with Crippen LogP contribution < -0.4 is 11.2 Å². The van der Waals surface area contributed by atoms with Crippen LogP contribution in [-0.4, -0.2) is 51.9 Å². The van der Waals surface area contributed by atoms with Crippen LogP contribution in [0.3, 0.4) is 0 Å². The largest absolute Gasteiger partial charge is 0.399 e. The van der Waals surface area contributed by atoms with E-state index in [2.05, 4.69) is 9.05 Å². The molecule has 0 bridgehead atoms. The van der Waals surface area contributed by atoms with Crippen LogP contribution in [0, 0.1) is 6.92 Å². The highest BCUT2D eigenvalue weighted by atomic mass is 31.2. The normalized spacial score (nSPS) is 26.0. The molecule has 9 nitrogen and oxygen atoms in total. The van der Waals surface area contributed by atoms with Gasteiger partial charge in [0, 0.05) is 11.8 Å². The van der Waals surface area contributed by atoms with E-state index in [1.54, 1.807) is 0 Å². The molecule has 160 valence electrons. The number of aryl methyl sites for hydroxylation is 1. The summed E-state index contributed by atoms with van der Waals surface area (Å²) in [6.45, 7) is 3.41. The van der Waals surface area contributed by atoms with Gasteiger partial charge in [-0.25, -0.2) is 9.18 Å². The van der Waals surface area contributed by atoms with Crippen LogP contribution in [0.25, 0.3) is 0 Å². The van der Waals surface area contributed by atoms with Crippen molar-refractivity contribution < 1.29 is 36.6 Å². The number of aliphatic hydroxyl groups excluding tert-OH is 1. The topological polar surface area (TPSA) is 120 Å². The number of halogens is 3. The smallest absolute Gasteiger partial charge is 0.387 e. The summed E-state index contributed by atoms with van der Waals surface area (Å²) < 4.78 is 71.1. The number of nitrogens with one attached hydrogen (secondary N) is 1. The zero-order valence-electron chi connectivity index (χ0n) is 15.4. The first kappa shape index (κ1) is 22.8. The summed E-state index contributed by atoms with van der Waals surface area (Å²) in [4.78, 5) is 25.3. The lowest BCUT2D eigenvalue weighted by Gasteiger charge is -2.28. The van der Waals surface area contributed by atoms with Gasteiger partial charge in [-0.1, -0.05) is 0 Å². The molecule has 0 radical (unpaired) electrons. The van der Waals surface area contributed by atoms with Gasteiger partial charge in [-0.15, -0.1) is 0 Å². The third kappa shape index (κ3) is 4.25. The van der Waals surface area contributed by atoms with E-state index in [0.29, 0.717) is 4.57 Å². The first-order chi connectivity index (χ1) is 13.0. The zero-order valence-corrected chi connectivity index (χ0v) is 16.3. The van der Waals surface area contributed by atoms with Gasteiger partial charge in [0.15, 0.2) is 12.4 Å². The predicted octanol–water partition coefficient (Wildman–Crippen LogP) is 1.69. The van der Waals surface area contributed by atoms with Crippen LogP contribution in [0.5, 0.6) is 0 Å². The van der Waals surface area contributed by atoms with E-state index in [1.807, 2.05) is 4.98 Å². The highest BCUT2D eigenvalue weighted by Gasteiger charge is 2.58. The molecule has 0 spiro atoms. The number of nitrogens with zero attached hydrogens (tertiary/aromatic N) is 1. The van der Waals surface area contributed by atoms with Crippen LogP contribution >= 0.6 is 7.60 Å². The number of aliphatic hydroxyl groups is 1. The summed E-state index contributed by atoms with van der Waals surface area (Å²) in [6.07, 6.45) is -8.20. The second-order valence-electron chi connectivity index (χ2n) is 6.18. The molecular formula is C15H22F3N2O7P. The van der Waals surface area contributed by atoms with Crippen molar-refractivity contribution in [3.8, 4) is 0 Å². The fourth-order valence-corrected chi connectivity index (χ4v) is 4.33. The molecule has 1 aliphatic rings. The molecule has 1 aromatic rings. The van der Waals surface area contributed by atoms with Crippen molar-refractivity contribution in [2.45, 2.75) is 57.5 Å². The third-order valence-electron chi connectivity index (χ3n) is 4.16. The molecule has 0 unspecified atom stereocenters. The summed E-state index contributed by atoms with van der Waals surface area (Å²) in [5, 5.41) is 10.0. The number of hydrogen-bond acceptors (Lipinski definition) is 7. The van der Waals surface area contributed by atoms with Gasteiger partial charge in [0.05, 0.1) is 25.7 Å². The Labute approximate surface area is 158 Å². The molecule has 4 atom stereocenters. The lowest BCUT2D eigenvalue weighted by Crippen LogP contribution is -2.37. The van der Waals surface area contributed by atoms with Crippen molar-refractivity contribution in [3.63, 3.8) is 0 Å². The maximum Gasteiger partial charge on any atom is 0.399 e. The monoisotopic (exact) mass is 430 g/mol. The molecular weight excluding hydrogens is 408 g/mol. The van der Waals surface area contributed by atoms with Gasteiger partial charge in [-0.3, -0.25) is 18.9 Å². The van der Waals surface area contributed by atoms with Crippen LogP contribution in [0.4, 0.5) is 13.2 Å². The minimum atomic E-state index is -4.90. The Balaban J connectivity index is 2.29. The lowest BCUT2D eigenvalue weighted by molar-refractivity contribution is -0.0714. The first-order valence-corrected chi connectivity index (χ1v) is 10.1. The van der Waals surface area contributed by atoms with E-state index in [4.69, 9.17) is 4.74 Å². The van der Waals surface area contributed by atoms with E-state index < -0.39 is 55.5 Å². The summed E-state index contributed by atoms with van der Waals surface area (Å²) in [5.74, 6) is 0. The number of aromatic nitrogens is 2. The summed E-state index contributed by atoms with van der Waals surface area (Å²) in [5.41, 5.74) is -5.76. The van der Waals surface area contributed by atoms with Gasteiger partial charge >= 0.3 is 18.9 Å². The third-order valence-corrected chi connectivity index (χ3v) is 6.34. The summed E-state index contributed by atoms with van der Waals surface area (Å²) in [7, 11) is -4.90. The molecule has 1 aliphatic heterocycles. The second-order valence-corrected chi connectivity index (χ2v) is 8.35. The lowest BCUT2D eigenvalue weighted by atomic mass is 10.1. The number of hydrogen-bond donors (Lipinski definition) is 2. The Morgan fingerprint density at radius 1 is 1.32 bits per heavy atom. The average Bonchev–Trinajstić information content (AvgIpc) is 2.86. The summed E-state index contributed by atoms with van der Waals surface area (Å²) >= 11 is 0. The number of H-pyrrole nitrogens is 1. The number of aromatic amines is 1. The van der Waals surface area contributed by atoms with E-state index in [9.17, 15) is 32.4 Å². The van der Waals surface area contributed by atoms with Crippen molar-refractivity contribution in [1.29, 1.82) is 0 Å². The van der Waals surface area contributed by atoms with Gasteiger partial charge in [-0.05, 0) is 20.8 Å². The highest BCUT2D eigenvalue weighted by molar-refractivity contribution is 7.55. The van der Waals surface area contributed by atoms with Gasteiger partial charge < -0.3 is 18.9 Å². The predicted molar refractivity (Wildman–Crippen MR) is 91.3 cm³/mol. The van der Waals surface area contributed by atoms with Crippen molar-refractivity contribution in [3.05, 3.63) is 32.6 Å². The first-order valence-electron chi connectivity index (χ1n) is 8.54. The molecule has 0 amide bonds. The van der Waals surface area contributed by atoms with Gasteiger partial charge in [-0.2, -0.15) is 8.78 Å². The molecule has 2 heterocycles. The van der Waals surface area contributed by atoms with Crippen molar-refractivity contribution in [1.82, 2.24) is 9.55 Å². The van der Waals surface area contributed by atoms with E-state index in [1.165, 1.54) is 20.8 Å². The Bertz CT molecular complexity index is 849. The standard InChI is InChI=1S/C15H22F3N2O7P/c1-4-25-28(24,26-5-2)15(17,18)6-9-11(21)10(16)13(27-9)20-7-8(3)12(22)19-14(20)23/h7,9-11,13,21H,4-6H2,1-3H3,(H,19,22,23)/t9-,10-,11-,13-/m1/s1. The SMILES string of the molecule is CCOP(=O)(OCC)C(F)(F)C[C@H]1O[C@@H](n2cc(C)c(=O)[nH]c2=O)[C@H](F)[C@@H]1O. The molecule has 2 rings (SSSR count). The fourth-order valence-electron chi connectivity index (χ4n) is 2.79. The quantitative estimate of drug-likeness (QED) is 0.603. The number of rotatable bonds is 8. The van der Waals surface area contributed by atoms with Crippen LogP contribution in [0.2, 0.25) is 0 Å². The van der Waals surface area contributed by atoms with E-state index in [0.717, 1.165) is 6.20 Å². The van der Waals surface area contributed by atoms with Crippen molar-refractivity contribution >= 4 is 7.60 Å². The van der Waals surface area contributed by atoms with Crippen LogP contribution in [-0.2, 0) is 18.3 Å².